The predicted molar refractivity (Wildman–Crippen MR) is 183 cm³/mol. The minimum atomic E-state index is -0.172. The average Bonchev–Trinajstić information content (AvgIpc) is 3.23. The molecule has 44 heavy (non-hydrogen) atoms. The predicted octanol–water partition coefficient (Wildman–Crippen LogP) is 10.2. The van der Waals surface area contributed by atoms with Crippen molar-refractivity contribution in [2.45, 2.75) is 78.7 Å². The summed E-state index contributed by atoms with van der Waals surface area (Å²) in [5.74, 6) is 1.17. The summed E-state index contributed by atoms with van der Waals surface area (Å²) in [5, 5.41) is 15.4. The molecule has 4 aromatic carbocycles. The van der Waals surface area contributed by atoms with Gasteiger partial charge in [-0.1, -0.05) is 75.2 Å². The summed E-state index contributed by atoms with van der Waals surface area (Å²) in [7, 11) is 0. The first-order chi connectivity index (χ1) is 21.3. The van der Waals surface area contributed by atoms with E-state index in [1.807, 2.05) is 54.6 Å². The first-order valence-corrected chi connectivity index (χ1v) is 16.2. The van der Waals surface area contributed by atoms with E-state index in [-0.39, 0.29) is 11.7 Å². The van der Waals surface area contributed by atoms with Gasteiger partial charge in [-0.2, -0.15) is 0 Å². The van der Waals surface area contributed by atoms with Crippen LogP contribution in [-0.2, 0) is 13.0 Å². The highest BCUT2D eigenvalue weighted by molar-refractivity contribution is 6.04. The maximum Gasteiger partial charge on any atom is 0.255 e. The summed E-state index contributed by atoms with van der Waals surface area (Å²) in [6.45, 7) is 10.1. The topological polar surface area (TPSA) is 54.3 Å². The van der Waals surface area contributed by atoms with Crippen LogP contribution in [0.1, 0.15) is 90.2 Å². The van der Waals surface area contributed by atoms with E-state index in [0.717, 1.165) is 48.4 Å². The number of nitrogens with one attached hydrogen (secondary N) is 1. The molecule has 0 radical (unpaired) electrons. The minimum Gasteiger partial charge on any atom is -0.507 e. The number of fused-ring (bicyclic) bond motifs is 1. The van der Waals surface area contributed by atoms with Gasteiger partial charge in [0, 0.05) is 46.0 Å². The van der Waals surface area contributed by atoms with Crippen LogP contribution in [0, 0.1) is 19.8 Å². The van der Waals surface area contributed by atoms with Gasteiger partial charge in [-0.15, -0.1) is 0 Å². The Bertz CT molecular complexity index is 1780. The fourth-order valence-corrected chi connectivity index (χ4v) is 6.54. The summed E-state index contributed by atoms with van der Waals surface area (Å²) in [5.41, 5.74) is 10.7. The second-order valence-electron chi connectivity index (χ2n) is 12.8. The molecule has 0 saturated heterocycles. The van der Waals surface area contributed by atoms with Gasteiger partial charge in [0.25, 0.3) is 5.91 Å². The molecule has 5 aromatic rings. The molecule has 1 aliphatic rings. The molecule has 1 aliphatic carbocycles. The van der Waals surface area contributed by atoms with E-state index in [4.69, 9.17) is 0 Å². The molecule has 6 rings (SSSR count). The van der Waals surface area contributed by atoms with Crippen molar-refractivity contribution in [1.29, 1.82) is 0 Å². The lowest BCUT2D eigenvalue weighted by molar-refractivity contribution is 0.102. The number of amides is 1. The quantitative estimate of drug-likeness (QED) is 0.172. The maximum absolute atomic E-state index is 13.3. The fourth-order valence-electron chi connectivity index (χ4n) is 6.54. The zero-order chi connectivity index (χ0) is 30.8. The molecule has 1 aromatic heterocycles. The standard InChI is InChI=1S/C40H44N2O2/c1-5-26(2)20-21-42-28(4)27(3)35-23-30(16-19-37(35)42)22-29-14-17-33(18-15-29)40(44)41-34-24-36(31-12-9-13-31)39(38(43)25-34)32-10-7-6-8-11-32/h6-8,10-11,14-19,23-26,31,43H,5,9,12-13,20-22H2,1-4H3,(H,41,44). The van der Waals surface area contributed by atoms with E-state index in [1.165, 1.54) is 52.5 Å². The number of nitrogens with zero attached hydrogens (tertiary/aromatic N) is 1. The Balaban J connectivity index is 1.17. The fraction of sp³-hybridized carbons (Fsp3) is 0.325. The Morgan fingerprint density at radius 2 is 1.68 bits per heavy atom. The Morgan fingerprint density at radius 1 is 0.955 bits per heavy atom. The number of carbonyl (C=O) groups is 1. The van der Waals surface area contributed by atoms with E-state index in [0.29, 0.717) is 17.2 Å². The van der Waals surface area contributed by atoms with Crippen molar-refractivity contribution in [3.05, 3.63) is 118 Å². The Morgan fingerprint density at radius 3 is 2.36 bits per heavy atom. The van der Waals surface area contributed by atoms with Crippen molar-refractivity contribution in [3.8, 4) is 16.9 Å². The van der Waals surface area contributed by atoms with Crippen molar-refractivity contribution in [3.63, 3.8) is 0 Å². The third-order valence-corrected chi connectivity index (χ3v) is 9.88. The second kappa shape index (κ2) is 12.7. The van der Waals surface area contributed by atoms with E-state index >= 15 is 0 Å². The van der Waals surface area contributed by atoms with Gasteiger partial charge in [0.15, 0.2) is 0 Å². The van der Waals surface area contributed by atoms with Crippen molar-refractivity contribution >= 4 is 22.5 Å². The lowest BCUT2D eigenvalue weighted by atomic mass is 9.76. The second-order valence-corrected chi connectivity index (χ2v) is 12.8. The normalized spacial score (nSPS) is 14.0. The monoisotopic (exact) mass is 584 g/mol. The van der Waals surface area contributed by atoms with Crippen LogP contribution >= 0.6 is 0 Å². The molecule has 4 nitrogen and oxygen atoms in total. The van der Waals surface area contributed by atoms with E-state index in [1.54, 1.807) is 6.07 Å². The van der Waals surface area contributed by atoms with Crippen molar-refractivity contribution in [2.24, 2.45) is 5.92 Å². The number of hydrogen-bond donors (Lipinski definition) is 2. The summed E-state index contributed by atoms with van der Waals surface area (Å²) in [6, 6.07) is 28.5. The number of hydrogen-bond acceptors (Lipinski definition) is 2. The molecule has 226 valence electrons. The van der Waals surface area contributed by atoms with Gasteiger partial charge in [0.1, 0.15) is 5.75 Å². The molecule has 0 bridgehead atoms. The van der Waals surface area contributed by atoms with Gasteiger partial charge in [0.2, 0.25) is 0 Å². The largest absolute Gasteiger partial charge is 0.507 e. The van der Waals surface area contributed by atoms with Crippen LogP contribution in [0.3, 0.4) is 0 Å². The summed E-state index contributed by atoms with van der Waals surface area (Å²) >= 11 is 0. The Labute approximate surface area is 261 Å². The molecule has 1 saturated carbocycles. The number of phenols is 1. The lowest BCUT2D eigenvalue weighted by Gasteiger charge is -2.29. The van der Waals surface area contributed by atoms with E-state index < -0.39 is 0 Å². The first-order valence-electron chi connectivity index (χ1n) is 16.2. The van der Waals surface area contributed by atoms with Gasteiger partial charge >= 0.3 is 0 Å². The Kier molecular flexibility index (Phi) is 8.61. The van der Waals surface area contributed by atoms with Gasteiger partial charge in [0.05, 0.1) is 0 Å². The molecule has 1 atom stereocenters. The van der Waals surface area contributed by atoms with Crippen LogP contribution in [0.15, 0.2) is 84.9 Å². The lowest BCUT2D eigenvalue weighted by Crippen LogP contribution is -2.14. The van der Waals surface area contributed by atoms with Gasteiger partial charge in [-0.25, -0.2) is 0 Å². The SMILES string of the molecule is CCC(C)CCn1c(C)c(C)c2cc(Cc3ccc(C(=O)Nc4cc(O)c(-c5ccccc5)c(C5CCC5)c4)cc3)ccc21. The Hall–Kier alpha value is -4.31. The number of anilines is 1. The highest BCUT2D eigenvalue weighted by atomic mass is 16.3. The van der Waals surface area contributed by atoms with Crippen molar-refractivity contribution in [2.75, 3.05) is 5.32 Å². The number of phenolic OH excluding ortho intramolecular Hbond substituents is 1. The number of aromatic nitrogens is 1. The van der Waals surface area contributed by atoms with Crippen LogP contribution in [0.25, 0.3) is 22.0 Å². The molecule has 4 heteroatoms. The maximum atomic E-state index is 13.3. The molecule has 1 fully saturated rings. The molecule has 0 aliphatic heterocycles. The van der Waals surface area contributed by atoms with Crippen LogP contribution < -0.4 is 5.32 Å². The zero-order valence-corrected chi connectivity index (χ0v) is 26.5. The minimum absolute atomic E-state index is 0.172. The smallest absolute Gasteiger partial charge is 0.255 e. The number of aromatic hydroxyl groups is 1. The van der Waals surface area contributed by atoms with Gasteiger partial charge in [-0.05, 0) is 110 Å². The van der Waals surface area contributed by atoms with Gasteiger partial charge in [-0.3, -0.25) is 4.79 Å². The van der Waals surface area contributed by atoms with Crippen LogP contribution in [0.4, 0.5) is 5.69 Å². The average molecular weight is 585 g/mol. The summed E-state index contributed by atoms with van der Waals surface area (Å²) in [4.78, 5) is 13.3. The van der Waals surface area contributed by atoms with Crippen LogP contribution in [0.5, 0.6) is 5.75 Å². The molecule has 0 spiro atoms. The molecular weight excluding hydrogens is 540 g/mol. The molecule has 2 N–H and O–H groups in total. The molecular formula is C40H44N2O2. The summed E-state index contributed by atoms with van der Waals surface area (Å²) < 4.78 is 2.48. The van der Waals surface area contributed by atoms with Crippen LogP contribution in [-0.4, -0.2) is 15.6 Å². The number of rotatable bonds is 10. The van der Waals surface area contributed by atoms with Gasteiger partial charge < -0.3 is 15.0 Å². The first kappa shape index (κ1) is 29.7. The van der Waals surface area contributed by atoms with E-state index in [2.05, 4.69) is 61.8 Å². The highest BCUT2D eigenvalue weighted by Gasteiger charge is 2.25. The van der Waals surface area contributed by atoms with Crippen molar-refractivity contribution < 1.29 is 9.90 Å². The van der Waals surface area contributed by atoms with E-state index in [9.17, 15) is 9.90 Å². The molecule has 1 unspecified atom stereocenters. The number of carbonyl (C=O) groups excluding carboxylic acids is 1. The zero-order valence-electron chi connectivity index (χ0n) is 26.5. The van der Waals surface area contributed by atoms with Crippen LogP contribution in [0.2, 0.25) is 0 Å². The number of aryl methyl sites for hydroxylation is 2. The number of benzene rings is 4. The van der Waals surface area contributed by atoms with Crippen molar-refractivity contribution in [1.82, 2.24) is 4.57 Å². The summed E-state index contributed by atoms with van der Waals surface area (Å²) in [6.07, 6.45) is 6.64. The molecule has 1 heterocycles. The highest BCUT2D eigenvalue weighted by Crippen LogP contribution is 2.46. The third-order valence-electron chi connectivity index (χ3n) is 9.88. The third kappa shape index (κ3) is 6.04. The molecule has 1 amide bonds.